The minimum atomic E-state index is -4.52. The van der Waals surface area contributed by atoms with E-state index < -0.39 is 7.82 Å². The van der Waals surface area contributed by atoms with Crippen molar-refractivity contribution >= 4 is 7.82 Å². The Bertz CT molecular complexity index is 575. The molecule has 2 aromatic rings. The second kappa shape index (κ2) is 8.93. The molecule has 2 rings (SSSR count). The van der Waals surface area contributed by atoms with E-state index in [1.165, 1.54) is 38.5 Å². The molecule has 0 atom stereocenters. The van der Waals surface area contributed by atoms with E-state index in [9.17, 15) is 9.46 Å². The van der Waals surface area contributed by atoms with Gasteiger partial charge in [-0.25, -0.2) is 4.57 Å². The maximum atomic E-state index is 11.8. The van der Waals surface area contributed by atoms with Crippen LogP contribution in [0.25, 0.3) is 0 Å². The molecular formula is C14H14KO6P. The van der Waals surface area contributed by atoms with Crippen LogP contribution in [0.4, 0.5) is 0 Å². The Hall–Kier alpha value is -0.534. The van der Waals surface area contributed by atoms with E-state index in [-0.39, 0.29) is 62.9 Å². The van der Waals surface area contributed by atoms with Crippen LogP contribution in [0.5, 0.6) is 23.0 Å². The summed E-state index contributed by atoms with van der Waals surface area (Å²) in [4.78, 5) is 11.8. The van der Waals surface area contributed by atoms with Crippen molar-refractivity contribution in [3.05, 3.63) is 48.5 Å². The van der Waals surface area contributed by atoms with Gasteiger partial charge in [-0.05, 0) is 48.5 Å². The topological polar surface area (TPSA) is 77.1 Å². The van der Waals surface area contributed by atoms with Crippen LogP contribution >= 0.6 is 7.82 Å². The molecule has 0 aliphatic carbocycles. The first-order chi connectivity index (χ1) is 10.0. The van der Waals surface area contributed by atoms with Crippen LogP contribution in [0.15, 0.2) is 48.5 Å². The van der Waals surface area contributed by atoms with Gasteiger partial charge in [0.05, 0.1) is 14.2 Å². The summed E-state index contributed by atoms with van der Waals surface area (Å²) in [6.07, 6.45) is 0. The summed E-state index contributed by atoms with van der Waals surface area (Å²) in [7, 11) is -1.49. The van der Waals surface area contributed by atoms with Gasteiger partial charge < -0.3 is 23.4 Å². The van der Waals surface area contributed by atoms with Gasteiger partial charge in [0.15, 0.2) is 0 Å². The predicted octanol–water partition coefficient (Wildman–Crippen LogP) is -0.366. The molecule has 0 N–H and O–H groups in total. The molecule has 0 radical (unpaired) electrons. The minimum Gasteiger partial charge on any atom is -0.736 e. The molecule has 0 aliphatic heterocycles. The zero-order valence-corrected chi connectivity index (χ0v) is 16.5. The summed E-state index contributed by atoms with van der Waals surface area (Å²) in [5, 5.41) is 0. The fraction of sp³-hybridized carbons (Fsp3) is 0.143. The van der Waals surface area contributed by atoms with Crippen molar-refractivity contribution in [3.63, 3.8) is 0 Å². The first kappa shape index (κ1) is 19.5. The van der Waals surface area contributed by atoms with Gasteiger partial charge in [0.25, 0.3) is 0 Å². The summed E-state index contributed by atoms with van der Waals surface area (Å²) in [5.74, 6) is 1.48. The maximum absolute atomic E-state index is 11.8. The number of rotatable bonds is 6. The Balaban J connectivity index is 0.00000242. The number of phosphoric ester groups is 1. The summed E-state index contributed by atoms with van der Waals surface area (Å²) >= 11 is 0. The van der Waals surface area contributed by atoms with Gasteiger partial charge >= 0.3 is 59.2 Å². The molecule has 0 bridgehead atoms. The van der Waals surface area contributed by atoms with E-state index in [1.807, 2.05) is 0 Å². The van der Waals surface area contributed by atoms with Crippen molar-refractivity contribution in [2.45, 2.75) is 0 Å². The molecule has 0 aliphatic rings. The normalized spacial score (nSPS) is 10.3. The van der Waals surface area contributed by atoms with Crippen molar-refractivity contribution in [1.82, 2.24) is 0 Å². The van der Waals surface area contributed by atoms with Crippen LogP contribution in [-0.4, -0.2) is 14.2 Å². The first-order valence-electron chi connectivity index (χ1n) is 6.01. The minimum absolute atomic E-state index is 0. The molecule has 0 fully saturated rings. The number of hydrogen-bond donors (Lipinski definition) is 0. The summed E-state index contributed by atoms with van der Waals surface area (Å²) < 4.78 is 31.4. The van der Waals surface area contributed by atoms with E-state index in [2.05, 4.69) is 0 Å². The average Bonchev–Trinajstić information content (AvgIpc) is 2.48. The molecular weight excluding hydrogens is 334 g/mol. The second-order valence-corrected chi connectivity index (χ2v) is 5.24. The van der Waals surface area contributed by atoms with Gasteiger partial charge in [0.2, 0.25) is 0 Å². The van der Waals surface area contributed by atoms with Crippen molar-refractivity contribution in [3.8, 4) is 23.0 Å². The fourth-order valence-corrected chi connectivity index (χ4v) is 2.35. The smallest absolute Gasteiger partial charge is 0.736 e. The molecule has 0 unspecified atom stereocenters. The second-order valence-electron chi connectivity index (χ2n) is 3.98. The van der Waals surface area contributed by atoms with E-state index in [0.717, 1.165) is 0 Å². The van der Waals surface area contributed by atoms with Crippen molar-refractivity contribution in [2.24, 2.45) is 0 Å². The maximum Gasteiger partial charge on any atom is 1.00 e. The van der Waals surface area contributed by atoms with Crippen LogP contribution in [0.2, 0.25) is 0 Å². The van der Waals surface area contributed by atoms with Gasteiger partial charge in [0, 0.05) is 0 Å². The Kier molecular flexibility index (Phi) is 7.92. The van der Waals surface area contributed by atoms with Crippen LogP contribution in [0, 0.1) is 0 Å². The summed E-state index contributed by atoms with van der Waals surface area (Å²) in [5.41, 5.74) is 0. The van der Waals surface area contributed by atoms with Crippen LogP contribution in [0.1, 0.15) is 0 Å². The molecule has 0 heterocycles. The third-order valence-electron chi connectivity index (χ3n) is 2.55. The zero-order valence-electron chi connectivity index (χ0n) is 12.5. The van der Waals surface area contributed by atoms with Crippen LogP contribution < -0.4 is 74.8 Å². The predicted molar refractivity (Wildman–Crippen MR) is 74.9 cm³/mol. The third-order valence-corrected chi connectivity index (χ3v) is 3.42. The molecule has 112 valence electrons. The quantitative estimate of drug-likeness (QED) is 0.524. The average molecular weight is 348 g/mol. The Morgan fingerprint density at radius 1 is 0.727 bits per heavy atom. The number of methoxy groups -OCH3 is 2. The van der Waals surface area contributed by atoms with Crippen LogP contribution in [-0.2, 0) is 4.57 Å². The van der Waals surface area contributed by atoms with Gasteiger partial charge in [-0.15, -0.1) is 0 Å². The molecule has 0 spiro atoms. The van der Waals surface area contributed by atoms with Crippen molar-refractivity contribution in [2.75, 3.05) is 14.2 Å². The van der Waals surface area contributed by atoms with Crippen LogP contribution in [0.3, 0.4) is 0 Å². The number of ether oxygens (including phenoxy) is 2. The first-order valence-corrected chi connectivity index (χ1v) is 7.47. The molecule has 0 amide bonds. The SMILES string of the molecule is COc1ccc(OP(=O)([O-])Oc2ccc(OC)cc2)cc1.[K+]. The van der Waals surface area contributed by atoms with E-state index in [1.54, 1.807) is 24.3 Å². The molecule has 0 aromatic heterocycles. The van der Waals surface area contributed by atoms with E-state index in [0.29, 0.717) is 11.5 Å². The zero-order chi connectivity index (χ0) is 15.3. The Labute approximate surface area is 171 Å². The molecule has 0 saturated carbocycles. The van der Waals surface area contributed by atoms with Gasteiger partial charge in [-0.1, -0.05) is 0 Å². The number of hydrogen-bond acceptors (Lipinski definition) is 6. The Morgan fingerprint density at radius 2 is 1.00 bits per heavy atom. The molecule has 22 heavy (non-hydrogen) atoms. The summed E-state index contributed by atoms with van der Waals surface area (Å²) in [6, 6.07) is 12.2. The number of benzene rings is 2. The van der Waals surface area contributed by atoms with Gasteiger partial charge in [-0.2, -0.15) is 0 Å². The monoisotopic (exact) mass is 348 g/mol. The van der Waals surface area contributed by atoms with E-state index >= 15 is 0 Å². The standard InChI is InChI=1S/C14H15O6P.K/c1-17-11-3-7-13(8-4-11)19-21(15,16)20-14-9-5-12(18-2)6-10-14;/h3-10H,1-2H3,(H,15,16);/q;+1/p-1. The third kappa shape index (κ3) is 5.93. The Morgan fingerprint density at radius 3 is 1.27 bits per heavy atom. The summed E-state index contributed by atoms with van der Waals surface area (Å²) in [6.45, 7) is 0. The molecule has 6 nitrogen and oxygen atoms in total. The molecule has 2 aromatic carbocycles. The van der Waals surface area contributed by atoms with Crippen molar-refractivity contribution < 1.29 is 79.4 Å². The van der Waals surface area contributed by atoms with Gasteiger partial charge in [0.1, 0.15) is 23.0 Å². The van der Waals surface area contributed by atoms with E-state index in [4.69, 9.17) is 18.5 Å². The van der Waals surface area contributed by atoms with Gasteiger partial charge in [-0.3, -0.25) is 0 Å². The largest absolute Gasteiger partial charge is 1.00 e. The molecule has 0 saturated heterocycles. The fourth-order valence-electron chi connectivity index (χ4n) is 1.55. The van der Waals surface area contributed by atoms with Crippen molar-refractivity contribution in [1.29, 1.82) is 0 Å². The number of phosphoric acid groups is 1. The molecule has 8 heteroatoms.